The number of hydrogen-bond acceptors (Lipinski definition) is 1. The van der Waals surface area contributed by atoms with E-state index >= 15 is 0 Å². The summed E-state index contributed by atoms with van der Waals surface area (Å²) in [5, 5.41) is 13.3. The van der Waals surface area contributed by atoms with E-state index in [4.69, 9.17) is 0 Å². The highest BCUT2D eigenvalue weighted by molar-refractivity contribution is 7.02. The number of hydrogen-bond donors (Lipinski definition) is 1. The number of aliphatic hydroxyl groups excluding tert-OH is 1. The highest BCUT2D eigenvalue weighted by Gasteiger charge is 2.37. The van der Waals surface area contributed by atoms with E-state index in [0.29, 0.717) is 6.23 Å². The second-order valence-electron chi connectivity index (χ2n) is 7.93. The molecule has 1 aliphatic rings. The molecular weight excluding hydrogens is 449 g/mol. The minimum absolute atomic E-state index is 0. The Morgan fingerprint density at radius 1 is 0.846 bits per heavy atom. The van der Waals surface area contributed by atoms with Crippen molar-refractivity contribution in [3.05, 3.63) is 60.7 Å². The van der Waals surface area contributed by atoms with Crippen LogP contribution in [0.2, 0.25) is 6.04 Å². The maximum atomic E-state index is 10.5. The number of quaternary nitrogens is 1. The zero-order valence-corrected chi connectivity index (χ0v) is 19.1. The Labute approximate surface area is 176 Å². The van der Waals surface area contributed by atoms with E-state index in [2.05, 4.69) is 67.7 Å². The lowest BCUT2D eigenvalue weighted by molar-refractivity contribution is -0.914. The molecule has 1 heterocycles. The molecule has 0 unspecified atom stereocenters. The van der Waals surface area contributed by atoms with Crippen LogP contribution in [0.3, 0.4) is 0 Å². The van der Waals surface area contributed by atoms with Crippen LogP contribution in [0.4, 0.5) is 0 Å². The van der Waals surface area contributed by atoms with Gasteiger partial charge in [0.25, 0.3) is 0 Å². The summed E-state index contributed by atoms with van der Waals surface area (Å²) in [5.41, 5.74) is 0. The maximum absolute atomic E-state index is 10.5. The average molecular weight is 481 g/mol. The van der Waals surface area contributed by atoms with Crippen molar-refractivity contribution in [2.24, 2.45) is 0 Å². The number of nitrogens with zero attached hydrogens (tertiary/aromatic N) is 1. The van der Waals surface area contributed by atoms with Crippen LogP contribution in [0, 0.1) is 0 Å². The number of likely N-dealkylation sites (tertiary alicyclic amines) is 1. The summed E-state index contributed by atoms with van der Waals surface area (Å²) >= 11 is 0. The van der Waals surface area contributed by atoms with Crippen LogP contribution in [-0.2, 0) is 0 Å². The first kappa shape index (κ1) is 21.6. The van der Waals surface area contributed by atoms with Gasteiger partial charge in [0, 0.05) is 6.23 Å². The standard InChI is InChI=1S/C22H32NOSi.HI/c1-23(16-9-4-10-17-23)18-11-19-25(20-24,21-12-5-2-6-13-21)22-14-7-3-8-15-22;/h2-3,5-8,12-15,24H,4,9-11,16-20H2,1H3;1H/q+1;/p-1. The van der Waals surface area contributed by atoms with Crippen molar-refractivity contribution in [3.63, 3.8) is 0 Å². The Hall–Kier alpha value is -0.693. The molecule has 26 heavy (non-hydrogen) atoms. The lowest BCUT2D eigenvalue weighted by atomic mass is 10.1. The van der Waals surface area contributed by atoms with Crippen LogP contribution in [0.15, 0.2) is 60.7 Å². The molecular formula is C22H32INOSi. The van der Waals surface area contributed by atoms with Crippen LogP contribution >= 0.6 is 0 Å². The highest BCUT2D eigenvalue weighted by atomic mass is 127. The van der Waals surface area contributed by atoms with Gasteiger partial charge < -0.3 is 33.6 Å². The van der Waals surface area contributed by atoms with Crippen molar-refractivity contribution in [2.45, 2.75) is 31.7 Å². The van der Waals surface area contributed by atoms with Gasteiger partial charge in [0.2, 0.25) is 0 Å². The molecule has 0 aromatic heterocycles. The minimum atomic E-state index is -2.09. The fourth-order valence-electron chi connectivity index (χ4n) is 4.49. The molecule has 0 atom stereocenters. The number of halogens is 1. The lowest BCUT2D eigenvalue weighted by Crippen LogP contribution is -3.00. The van der Waals surface area contributed by atoms with Gasteiger partial charge in [0.05, 0.1) is 26.7 Å². The summed E-state index contributed by atoms with van der Waals surface area (Å²) in [4.78, 5) is 0. The van der Waals surface area contributed by atoms with E-state index in [9.17, 15) is 5.11 Å². The van der Waals surface area contributed by atoms with Crippen molar-refractivity contribution >= 4 is 18.4 Å². The maximum Gasteiger partial charge on any atom is 0.144 e. The third-order valence-electron chi connectivity index (χ3n) is 6.12. The number of aliphatic hydroxyl groups is 1. The molecule has 0 spiro atoms. The molecule has 0 amide bonds. The summed E-state index contributed by atoms with van der Waals surface area (Å²) < 4.78 is 1.22. The van der Waals surface area contributed by atoms with Gasteiger partial charge in [-0.1, -0.05) is 71.0 Å². The minimum Gasteiger partial charge on any atom is -1.00 e. The molecule has 142 valence electrons. The Morgan fingerprint density at radius 3 is 1.81 bits per heavy atom. The van der Waals surface area contributed by atoms with Gasteiger partial charge in [0.1, 0.15) is 8.07 Å². The summed E-state index contributed by atoms with van der Waals surface area (Å²) in [6.07, 6.45) is 5.64. The van der Waals surface area contributed by atoms with E-state index < -0.39 is 8.07 Å². The second-order valence-corrected chi connectivity index (χ2v) is 12.1. The third kappa shape index (κ3) is 4.97. The molecule has 0 aliphatic carbocycles. The summed E-state index contributed by atoms with van der Waals surface area (Å²) in [7, 11) is 0.329. The highest BCUT2D eigenvalue weighted by Crippen LogP contribution is 2.20. The summed E-state index contributed by atoms with van der Waals surface area (Å²) in [6, 6.07) is 22.7. The van der Waals surface area contributed by atoms with Gasteiger partial charge in [-0.3, -0.25) is 0 Å². The topological polar surface area (TPSA) is 20.2 Å². The van der Waals surface area contributed by atoms with E-state index in [1.807, 2.05) is 0 Å². The SMILES string of the molecule is C[N+]1(CCC[Si](CO)(c2ccccc2)c2ccccc2)CCCCC1.[I-]. The second kappa shape index (κ2) is 10.0. The van der Waals surface area contributed by atoms with Crippen LogP contribution in [-0.4, -0.2) is 50.6 Å². The van der Waals surface area contributed by atoms with E-state index in [1.54, 1.807) is 0 Å². The summed E-state index contributed by atoms with van der Waals surface area (Å²) in [5.74, 6) is 0. The zero-order valence-electron chi connectivity index (χ0n) is 15.9. The number of piperidine rings is 1. The van der Waals surface area contributed by atoms with Gasteiger partial charge in [-0.25, -0.2) is 0 Å². The molecule has 2 nitrogen and oxygen atoms in total. The van der Waals surface area contributed by atoms with Crippen LogP contribution in [0.25, 0.3) is 0 Å². The molecule has 2 aromatic rings. The van der Waals surface area contributed by atoms with Crippen molar-refractivity contribution < 1.29 is 33.6 Å². The molecule has 1 fully saturated rings. The van der Waals surface area contributed by atoms with Crippen molar-refractivity contribution in [3.8, 4) is 0 Å². The molecule has 1 saturated heterocycles. The predicted octanol–water partition coefficient (Wildman–Crippen LogP) is -0.194. The smallest absolute Gasteiger partial charge is 0.144 e. The molecule has 0 bridgehead atoms. The molecule has 1 N–H and O–H groups in total. The molecule has 2 aromatic carbocycles. The van der Waals surface area contributed by atoms with Gasteiger partial charge in [-0.05, 0) is 31.7 Å². The molecule has 4 heteroatoms. The monoisotopic (exact) mass is 481 g/mol. The Bertz CT molecular complexity index is 604. The fourth-order valence-corrected chi connectivity index (χ4v) is 8.35. The lowest BCUT2D eigenvalue weighted by Gasteiger charge is -2.39. The first-order chi connectivity index (χ1) is 12.2. The molecule has 0 radical (unpaired) electrons. The Balaban J connectivity index is 0.00000243. The van der Waals surface area contributed by atoms with E-state index in [1.165, 1.54) is 60.2 Å². The van der Waals surface area contributed by atoms with Crippen molar-refractivity contribution in [2.75, 3.05) is 32.9 Å². The predicted molar refractivity (Wildman–Crippen MR) is 109 cm³/mol. The van der Waals surface area contributed by atoms with E-state index in [0.717, 1.165) is 6.04 Å². The number of rotatable bonds is 7. The third-order valence-corrected chi connectivity index (χ3v) is 10.7. The average Bonchev–Trinajstić information content (AvgIpc) is 2.67. The van der Waals surface area contributed by atoms with Gasteiger partial charge in [-0.2, -0.15) is 0 Å². The quantitative estimate of drug-likeness (QED) is 0.330. The van der Waals surface area contributed by atoms with Gasteiger partial charge in [0.15, 0.2) is 0 Å². The number of benzene rings is 2. The molecule has 1 aliphatic heterocycles. The largest absolute Gasteiger partial charge is 1.00 e. The zero-order chi connectivity index (χ0) is 17.6. The van der Waals surface area contributed by atoms with Crippen molar-refractivity contribution in [1.29, 1.82) is 0 Å². The normalized spacial score (nSPS) is 16.7. The van der Waals surface area contributed by atoms with Crippen LogP contribution in [0.5, 0.6) is 0 Å². The van der Waals surface area contributed by atoms with E-state index in [-0.39, 0.29) is 24.0 Å². The summed E-state index contributed by atoms with van der Waals surface area (Å²) in [6.45, 7) is 3.89. The fraction of sp³-hybridized carbons (Fsp3) is 0.455. The first-order valence-corrected chi connectivity index (χ1v) is 12.2. The van der Waals surface area contributed by atoms with Crippen LogP contribution < -0.4 is 34.4 Å². The molecule has 0 saturated carbocycles. The van der Waals surface area contributed by atoms with Gasteiger partial charge in [-0.15, -0.1) is 0 Å². The Morgan fingerprint density at radius 2 is 1.35 bits per heavy atom. The van der Waals surface area contributed by atoms with Gasteiger partial charge >= 0.3 is 0 Å². The van der Waals surface area contributed by atoms with Crippen LogP contribution in [0.1, 0.15) is 25.7 Å². The first-order valence-electron chi connectivity index (χ1n) is 9.74. The Kier molecular flexibility index (Phi) is 8.32. The molecule has 3 rings (SSSR count). The van der Waals surface area contributed by atoms with Crippen molar-refractivity contribution in [1.82, 2.24) is 0 Å².